The van der Waals surface area contributed by atoms with Crippen LogP contribution in [-0.2, 0) is 0 Å². The van der Waals surface area contributed by atoms with Crippen LogP contribution in [-0.4, -0.2) is 19.5 Å². The van der Waals surface area contributed by atoms with Crippen molar-refractivity contribution in [2.75, 3.05) is 0 Å². The highest BCUT2D eigenvalue weighted by Crippen LogP contribution is 2.41. The monoisotopic (exact) mass is 764 g/mol. The van der Waals surface area contributed by atoms with E-state index in [1.54, 1.807) is 0 Å². The van der Waals surface area contributed by atoms with Crippen molar-refractivity contribution >= 4 is 86.8 Å². The van der Waals surface area contributed by atoms with Crippen LogP contribution in [0.3, 0.4) is 0 Å². The second-order valence-corrected chi connectivity index (χ2v) is 15.6. The van der Waals surface area contributed by atoms with Gasteiger partial charge in [0.15, 0.2) is 11.6 Å². The molecule has 13 aromatic rings. The lowest BCUT2D eigenvalue weighted by atomic mass is 9.99. The number of nitrogens with zero attached hydrogens (tertiary/aromatic N) is 4. The second-order valence-electron chi connectivity index (χ2n) is 15.6. The maximum absolute atomic E-state index is 6.77. The van der Waals surface area contributed by atoms with E-state index in [0.29, 0.717) is 17.6 Å². The van der Waals surface area contributed by atoms with E-state index < -0.39 is 0 Å². The fourth-order valence-corrected chi connectivity index (χ4v) is 9.25. The summed E-state index contributed by atoms with van der Waals surface area (Å²) in [5.74, 6) is 1.65. The van der Waals surface area contributed by atoms with Crippen LogP contribution in [0.2, 0.25) is 0 Å². The van der Waals surface area contributed by atoms with Gasteiger partial charge in [-0.15, -0.1) is 0 Å². The molecule has 0 saturated heterocycles. The molecule has 278 valence electrons. The van der Waals surface area contributed by atoms with Gasteiger partial charge in [-0.2, -0.15) is 9.97 Å². The van der Waals surface area contributed by atoms with Gasteiger partial charge >= 0.3 is 0 Å². The minimum absolute atomic E-state index is 0.538. The summed E-state index contributed by atoms with van der Waals surface area (Å²) in [6.45, 7) is 0. The molecular weight excluding hydrogens is 733 g/mol. The molecule has 0 unspecified atom stereocenters. The number of hydrogen-bond acceptors (Lipinski definition) is 4. The van der Waals surface area contributed by atoms with Crippen molar-refractivity contribution in [3.05, 3.63) is 194 Å². The molecule has 0 aliphatic carbocycles. The summed E-state index contributed by atoms with van der Waals surface area (Å²) in [6, 6.07) is 68.8. The topological polar surface area (TPSA) is 56.7 Å². The van der Waals surface area contributed by atoms with Gasteiger partial charge in [-0.05, 0) is 91.3 Å². The summed E-state index contributed by atoms with van der Waals surface area (Å²) in [6.07, 6.45) is 0. The minimum atomic E-state index is 0.538. The number of benzene rings is 10. The Labute approximate surface area is 343 Å². The molecular formula is C55H32N4O. The lowest BCUT2D eigenvalue weighted by Gasteiger charge is -2.13. The SMILES string of the molecule is c1cc(-c2ccc3ccccc3c2)cc(-c2nc(-c3cccc4c3oc3cc5ccccc5cc34)nc(-n3c4cc5ccccc5cc4c4ccc5ccccc5c43)n2)c1. The Morgan fingerprint density at radius 3 is 1.77 bits per heavy atom. The molecule has 0 amide bonds. The van der Waals surface area contributed by atoms with Crippen LogP contribution in [0.25, 0.3) is 127 Å². The number of furan rings is 1. The van der Waals surface area contributed by atoms with Gasteiger partial charge in [0, 0.05) is 32.5 Å². The zero-order chi connectivity index (χ0) is 39.3. The summed E-state index contributed by atoms with van der Waals surface area (Å²) < 4.78 is 9.02. The molecule has 10 aromatic carbocycles. The summed E-state index contributed by atoms with van der Waals surface area (Å²) in [4.78, 5) is 16.2. The van der Waals surface area contributed by atoms with Crippen LogP contribution in [0, 0.1) is 0 Å². The number of aromatic nitrogens is 4. The van der Waals surface area contributed by atoms with E-state index in [1.165, 1.54) is 21.5 Å². The van der Waals surface area contributed by atoms with Gasteiger partial charge < -0.3 is 4.42 Å². The van der Waals surface area contributed by atoms with Gasteiger partial charge in [-0.25, -0.2) is 4.98 Å². The van der Waals surface area contributed by atoms with E-state index >= 15 is 0 Å². The Balaban J connectivity index is 1.11. The maximum atomic E-state index is 6.77. The first-order chi connectivity index (χ1) is 29.7. The highest BCUT2D eigenvalue weighted by Gasteiger charge is 2.22. The first kappa shape index (κ1) is 32.9. The third-order valence-electron chi connectivity index (χ3n) is 12.2. The molecule has 5 heteroatoms. The summed E-state index contributed by atoms with van der Waals surface area (Å²) in [5.41, 5.74) is 7.57. The van der Waals surface area contributed by atoms with Gasteiger partial charge in [0.25, 0.3) is 0 Å². The van der Waals surface area contributed by atoms with E-state index in [4.69, 9.17) is 19.4 Å². The molecule has 0 saturated carbocycles. The Morgan fingerprint density at radius 1 is 0.350 bits per heavy atom. The smallest absolute Gasteiger partial charge is 0.238 e. The van der Waals surface area contributed by atoms with Crippen LogP contribution < -0.4 is 0 Å². The molecule has 0 aliphatic heterocycles. The Morgan fingerprint density at radius 2 is 0.950 bits per heavy atom. The second kappa shape index (κ2) is 12.7. The molecule has 0 fully saturated rings. The van der Waals surface area contributed by atoms with Crippen LogP contribution in [0.1, 0.15) is 0 Å². The molecule has 3 aromatic heterocycles. The zero-order valence-electron chi connectivity index (χ0n) is 32.2. The van der Waals surface area contributed by atoms with Crippen molar-refractivity contribution in [2.45, 2.75) is 0 Å². The minimum Gasteiger partial charge on any atom is -0.455 e. The molecule has 0 spiro atoms. The molecule has 13 rings (SSSR count). The Hall–Kier alpha value is -8.15. The molecule has 0 aliphatic rings. The Kier molecular flexibility index (Phi) is 6.95. The van der Waals surface area contributed by atoms with Gasteiger partial charge in [0.05, 0.1) is 16.6 Å². The molecule has 0 bridgehead atoms. The fourth-order valence-electron chi connectivity index (χ4n) is 9.25. The van der Waals surface area contributed by atoms with Gasteiger partial charge in [-0.3, -0.25) is 4.57 Å². The van der Waals surface area contributed by atoms with Crippen LogP contribution in [0.15, 0.2) is 199 Å². The molecule has 3 heterocycles. The highest BCUT2D eigenvalue weighted by molar-refractivity contribution is 6.20. The van der Waals surface area contributed by atoms with Crippen molar-refractivity contribution in [1.29, 1.82) is 0 Å². The van der Waals surface area contributed by atoms with E-state index in [0.717, 1.165) is 87.5 Å². The lowest BCUT2D eigenvalue weighted by molar-refractivity contribution is 0.670. The van der Waals surface area contributed by atoms with E-state index in [2.05, 4.69) is 199 Å². The summed E-state index contributed by atoms with van der Waals surface area (Å²) in [5, 5.41) is 13.7. The normalized spacial score (nSPS) is 12.0. The first-order valence-electron chi connectivity index (χ1n) is 20.3. The molecule has 5 nitrogen and oxygen atoms in total. The quantitative estimate of drug-likeness (QED) is 0.179. The number of rotatable bonds is 4. The van der Waals surface area contributed by atoms with E-state index in [-0.39, 0.29) is 0 Å². The molecule has 0 atom stereocenters. The number of hydrogen-bond donors (Lipinski definition) is 0. The largest absolute Gasteiger partial charge is 0.455 e. The van der Waals surface area contributed by atoms with Crippen molar-refractivity contribution in [3.8, 4) is 39.9 Å². The van der Waals surface area contributed by atoms with Crippen LogP contribution >= 0.6 is 0 Å². The van der Waals surface area contributed by atoms with Crippen LogP contribution in [0.5, 0.6) is 0 Å². The van der Waals surface area contributed by atoms with Gasteiger partial charge in [0.2, 0.25) is 5.95 Å². The predicted molar refractivity (Wildman–Crippen MR) is 248 cm³/mol. The van der Waals surface area contributed by atoms with Gasteiger partial charge in [-0.1, -0.05) is 152 Å². The number of fused-ring (bicyclic) bond motifs is 11. The Bertz CT molecular complexity index is 3910. The average Bonchev–Trinajstić information content (AvgIpc) is 3.84. The van der Waals surface area contributed by atoms with Crippen molar-refractivity contribution in [1.82, 2.24) is 19.5 Å². The first-order valence-corrected chi connectivity index (χ1v) is 20.3. The zero-order valence-corrected chi connectivity index (χ0v) is 32.2. The lowest BCUT2D eigenvalue weighted by Crippen LogP contribution is -2.07. The average molecular weight is 765 g/mol. The standard InChI is InChI=1S/C55H32N4O/c1-2-13-35-27-41(24-23-33(35)11-1)36-18-9-19-42(28-36)53-56-54(46-22-10-21-45-48-30-38-15-4-6-17-40(38)32-50(48)60-52(45)46)58-55(57-53)59-49-31-39-16-5-3-14-37(39)29-47(49)44-26-25-34-12-7-8-20-43(34)51(44)59/h1-32H. The van der Waals surface area contributed by atoms with Crippen LogP contribution in [0.4, 0.5) is 0 Å². The molecule has 0 N–H and O–H groups in total. The maximum Gasteiger partial charge on any atom is 0.238 e. The third-order valence-corrected chi connectivity index (χ3v) is 12.2. The van der Waals surface area contributed by atoms with Gasteiger partial charge in [0.1, 0.15) is 11.2 Å². The predicted octanol–water partition coefficient (Wildman–Crippen LogP) is 14.5. The fraction of sp³-hybridized carbons (Fsp3) is 0. The van der Waals surface area contributed by atoms with Crippen molar-refractivity contribution < 1.29 is 4.42 Å². The molecule has 0 radical (unpaired) electrons. The van der Waals surface area contributed by atoms with E-state index in [1.807, 2.05) is 0 Å². The van der Waals surface area contributed by atoms with E-state index in [9.17, 15) is 0 Å². The van der Waals surface area contributed by atoms with Crippen molar-refractivity contribution in [3.63, 3.8) is 0 Å². The highest BCUT2D eigenvalue weighted by atomic mass is 16.3. The third kappa shape index (κ3) is 5.03. The number of para-hydroxylation sites is 1. The molecule has 60 heavy (non-hydrogen) atoms. The summed E-state index contributed by atoms with van der Waals surface area (Å²) in [7, 11) is 0. The summed E-state index contributed by atoms with van der Waals surface area (Å²) >= 11 is 0. The van der Waals surface area contributed by atoms with Crippen molar-refractivity contribution in [2.24, 2.45) is 0 Å².